The number of ether oxygens (including phenoxy) is 1. The molecule has 7 atom stereocenters. The van der Waals surface area contributed by atoms with E-state index < -0.39 is 0 Å². The topological polar surface area (TPSA) is 46.6 Å². The Morgan fingerprint density at radius 2 is 2.00 bits per heavy atom. The van der Waals surface area contributed by atoms with Gasteiger partial charge < -0.3 is 14.1 Å². The number of nitrogens with zero attached hydrogens (tertiary/aromatic N) is 2. The van der Waals surface area contributed by atoms with E-state index in [2.05, 4.69) is 35.2 Å². The Kier molecular flexibility index (Phi) is 4.05. The summed E-state index contributed by atoms with van der Waals surface area (Å²) in [5.74, 6) is 1.15. The van der Waals surface area contributed by atoms with E-state index in [9.17, 15) is 9.59 Å². The molecule has 5 aliphatic heterocycles. The van der Waals surface area contributed by atoms with E-state index in [0.29, 0.717) is 42.5 Å². The number of amides is 1. The van der Waals surface area contributed by atoms with Crippen molar-refractivity contribution >= 4 is 29.0 Å². The van der Waals surface area contributed by atoms with Crippen LogP contribution in [-0.4, -0.2) is 60.6 Å². The first-order valence-electron chi connectivity index (χ1n) is 12.9. The number of benzene rings is 2. The number of piperidine rings is 2. The van der Waals surface area contributed by atoms with Crippen LogP contribution in [0.2, 0.25) is 5.02 Å². The van der Waals surface area contributed by atoms with Crippen LogP contribution in [0.5, 0.6) is 0 Å². The number of para-hydroxylation sites is 1. The van der Waals surface area contributed by atoms with Gasteiger partial charge in [0.2, 0.25) is 11.7 Å². The van der Waals surface area contributed by atoms with Gasteiger partial charge in [-0.15, -0.1) is 0 Å². The molecule has 6 heteroatoms. The number of anilines is 1. The van der Waals surface area contributed by atoms with Crippen LogP contribution < -0.4 is 4.90 Å². The zero-order chi connectivity index (χ0) is 23.5. The number of carbonyl (C=O) groups is 2. The van der Waals surface area contributed by atoms with Crippen molar-refractivity contribution in [1.29, 1.82) is 0 Å². The molecule has 2 bridgehead atoms. The molecule has 6 aliphatic rings. The zero-order valence-electron chi connectivity index (χ0n) is 19.5. The largest absolute Gasteiger partial charge is 0.373 e. The van der Waals surface area contributed by atoms with E-state index in [1.54, 1.807) is 0 Å². The van der Waals surface area contributed by atoms with Crippen LogP contribution in [0.3, 0.4) is 0 Å². The number of ketones is 1. The lowest BCUT2D eigenvalue weighted by atomic mass is 9.53. The minimum atomic E-state index is -0.106. The van der Waals surface area contributed by atoms with Crippen molar-refractivity contribution in [3.63, 3.8) is 0 Å². The molecule has 1 amide bonds. The van der Waals surface area contributed by atoms with Crippen LogP contribution in [0.15, 0.2) is 60.2 Å². The first-order valence-corrected chi connectivity index (χ1v) is 13.3. The molecule has 0 radical (unpaired) electrons. The molecule has 0 unspecified atom stereocenters. The Hall–Kier alpha value is -2.47. The highest BCUT2D eigenvalue weighted by Crippen LogP contribution is 2.67. The van der Waals surface area contributed by atoms with E-state index in [1.807, 2.05) is 24.3 Å². The summed E-state index contributed by atoms with van der Waals surface area (Å²) >= 11 is 6.10. The fourth-order valence-electron chi connectivity index (χ4n) is 9.21. The van der Waals surface area contributed by atoms with Crippen molar-refractivity contribution in [2.24, 2.45) is 11.8 Å². The SMILES string of the molecule is O=C(C[N@@+]12CC[C@@]34c5ccccc5N5C(=O)C[C@@H]6OCC=C(C1)[C@H](C[C@@H]32)[C@@H]6[C@H]54)c1ccc(Cl)cc1. The average molecular weight is 488 g/mol. The standard InChI is InChI=1S/C29H28ClN2O3/c30-19-7-5-17(6-8-19)23(33)16-32-11-10-29-21-3-1-2-4-22(21)31-26(34)14-24-27(28(29)31)20(13-25(29)32)18(15-32)9-12-35-24/h1-9,20,24-25,27-28H,10-16H2/q+1/t20-,24-,25-,27-,28-,29+,32+/m0/s1. The monoisotopic (exact) mass is 487 g/mol. The van der Waals surface area contributed by atoms with Gasteiger partial charge in [0.15, 0.2) is 0 Å². The smallest absolute Gasteiger partial charge is 0.229 e. The van der Waals surface area contributed by atoms with Gasteiger partial charge in [-0.1, -0.05) is 35.9 Å². The Balaban J connectivity index is 1.31. The lowest BCUT2D eigenvalue weighted by Crippen LogP contribution is -2.73. The van der Waals surface area contributed by atoms with E-state index in [1.165, 1.54) is 11.1 Å². The summed E-state index contributed by atoms with van der Waals surface area (Å²) in [6.45, 7) is 2.96. The highest BCUT2D eigenvalue weighted by atomic mass is 35.5. The Labute approximate surface area is 209 Å². The first kappa shape index (κ1) is 20.7. The quantitative estimate of drug-likeness (QED) is 0.371. The second-order valence-electron chi connectivity index (χ2n) is 11.5. The third kappa shape index (κ3) is 2.47. The van der Waals surface area contributed by atoms with Gasteiger partial charge in [-0.2, -0.15) is 0 Å². The van der Waals surface area contributed by atoms with Gasteiger partial charge in [-0.25, -0.2) is 0 Å². The number of Topliss-reactive ketones (excluding diaryl/α,β-unsaturated/α-hetero) is 1. The number of fused-ring (bicyclic) bond motifs is 2. The van der Waals surface area contributed by atoms with Gasteiger partial charge in [-0.3, -0.25) is 9.59 Å². The molecule has 1 saturated carbocycles. The maximum Gasteiger partial charge on any atom is 0.229 e. The van der Waals surface area contributed by atoms with Gasteiger partial charge in [-0.05, 0) is 47.4 Å². The number of hydrogen-bond acceptors (Lipinski definition) is 3. The molecule has 8 rings (SSSR count). The fourth-order valence-corrected chi connectivity index (χ4v) is 9.34. The summed E-state index contributed by atoms with van der Waals surface area (Å²) in [5, 5.41) is 0.649. The highest BCUT2D eigenvalue weighted by molar-refractivity contribution is 6.30. The normalized spacial score (nSPS) is 39.7. The van der Waals surface area contributed by atoms with Crippen LogP contribution in [0.25, 0.3) is 0 Å². The summed E-state index contributed by atoms with van der Waals surface area (Å²) in [7, 11) is 0. The van der Waals surface area contributed by atoms with Gasteiger partial charge >= 0.3 is 0 Å². The van der Waals surface area contributed by atoms with Crippen molar-refractivity contribution in [1.82, 2.24) is 0 Å². The van der Waals surface area contributed by atoms with Gasteiger partial charge in [0, 0.05) is 35.0 Å². The van der Waals surface area contributed by atoms with Crippen LogP contribution in [-0.2, 0) is 14.9 Å². The van der Waals surface area contributed by atoms with E-state index >= 15 is 0 Å². The van der Waals surface area contributed by atoms with E-state index in [4.69, 9.17) is 16.3 Å². The maximum absolute atomic E-state index is 13.7. The predicted molar refractivity (Wildman–Crippen MR) is 132 cm³/mol. The van der Waals surface area contributed by atoms with Crippen molar-refractivity contribution in [3.8, 4) is 0 Å². The Morgan fingerprint density at radius 1 is 1.17 bits per heavy atom. The van der Waals surface area contributed by atoms with Gasteiger partial charge in [0.25, 0.3) is 0 Å². The van der Waals surface area contributed by atoms with Crippen molar-refractivity contribution in [2.45, 2.75) is 42.9 Å². The van der Waals surface area contributed by atoms with Crippen LogP contribution in [0.4, 0.5) is 5.69 Å². The van der Waals surface area contributed by atoms with Crippen LogP contribution in [0, 0.1) is 11.8 Å². The molecule has 0 N–H and O–H groups in total. The van der Waals surface area contributed by atoms with E-state index in [0.717, 1.165) is 41.7 Å². The number of hydrogen-bond donors (Lipinski definition) is 0. The average Bonchev–Trinajstić information content (AvgIpc) is 3.29. The van der Waals surface area contributed by atoms with E-state index in [-0.39, 0.29) is 29.3 Å². The predicted octanol–water partition coefficient (Wildman–Crippen LogP) is 4.14. The zero-order valence-corrected chi connectivity index (χ0v) is 20.3. The molecule has 3 saturated heterocycles. The molecule has 5 heterocycles. The lowest BCUT2D eigenvalue weighted by molar-refractivity contribution is -0.935. The van der Waals surface area contributed by atoms with Crippen LogP contribution >= 0.6 is 11.6 Å². The molecule has 2 aromatic rings. The molecular weight excluding hydrogens is 460 g/mol. The molecule has 35 heavy (non-hydrogen) atoms. The maximum atomic E-state index is 13.7. The number of halogens is 1. The van der Waals surface area contributed by atoms with Crippen molar-refractivity contribution < 1.29 is 18.8 Å². The molecule has 4 fully saturated rings. The first-order chi connectivity index (χ1) is 17.0. The van der Waals surface area contributed by atoms with Gasteiger partial charge in [0.05, 0.1) is 37.1 Å². The molecule has 5 nitrogen and oxygen atoms in total. The molecule has 0 aromatic heterocycles. The number of carbonyl (C=O) groups excluding carboxylic acids is 2. The summed E-state index contributed by atoms with van der Waals surface area (Å²) in [6, 6.07) is 16.4. The second-order valence-corrected chi connectivity index (χ2v) is 11.9. The fraction of sp³-hybridized carbons (Fsp3) is 0.448. The summed E-state index contributed by atoms with van der Waals surface area (Å²) in [6.07, 6.45) is 4.85. The summed E-state index contributed by atoms with van der Waals surface area (Å²) < 4.78 is 7.18. The minimum Gasteiger partial charge on any atom is -0.373 e. The molecule has 1 spiro atoms. The number of rotatable bonds is 3. The third-order valence-corrected chi connectivity index (χ3v) is 10.6. The summed E-state index contributed by atoms with van der Waals surface area (Å²) in [5.41, 5.74) is 4.52. The van der Waals surface area contributed by atoms with Crippen molar-refractivity contribution in [3.05, 3.63) is 76.3 Å². The Bertz CT molecular complexity index is 1320. The minimum absolute atomic E-state index is 0.00839. The second kappa shape index (κ2) is 6.84. The summed E-state index contributed by atoms with van der Waals surface area (Å²) in [4.78, 5) is 29.4. The highest BCUT2D eigenvalue weighted by Gasteiger charge is 2.76. The lowest BCUT2D eigenvalue weighted by Gasteiger charge is -2.60. The Morgan fingerprint density at radius 3 is 2.86 bits per heavy atom. The molecule has 178 valence electrons. The van der Waals surface area contributed by atoms with Crippen molar-refractivity contribution in [2.75, 3.05) is 31.1 Å². The molecule has 1 aliphatic carbocycles. The molecule has 2 aromatic carbocycles. The third-order valence-electron chi connectivity index (χ3n) is 10.3. The number of quaternary nitrogens is 1. The van der Waals surface area contributed by atoms with Gasteiger partial charge in [0.1, 0.15) is 19.1 Å². The molecular formula is C29H28ClN2O3+. The van der Waals surface area contributed by atoms with Crippen LogP contribution in [0.1, 0.15) is 35.2 Å².